The van der Waals surface area contributed by atoms with E-state index < -0.39 is 0 Å². The maximum atomic E-state index is 12.8. The number of pyridine rings is 2. The van der Waals surface area contributed by atoms with Crippen molar-refractivity contribution in [2.24, 2.45) is 10.2 Å². The standard InChI is InChI=1S/C25H22ClN7O.C2H6/c1-27-22-7-2-17(14-29-22)10-13-32-23(34)16-33-25(31-32)24(19-8-11-28-12-9-19)21(15-30-33)18-3-5-20(26)6-4-18;1-2/h2-9,11-12,14-15H,10,13,16H2,1H3,(H,27,29);1-2H3. The summed E-state index contributed by atoms with van der Waals surface area (Å²) >= 11 is 6.11. The number of fused-ring (bicyclic) bond motifs is 1. The van der Waals surface area contributed by atoms with Crippen LogP contribution in [0.5, 0.6) is 0 Å². The summed E-state index contributed by atoms with van der Waals surface area (Å²) in [7, 11) is 1.83. The molecule has 0 spiro atoms. The molecule has 5 rings (SSSR count). The fraction of sp³-hybridized carbons (Fsp3) is 0.222. The zero-order valence-electron chi connectivity index (χ0n) is 20.5. The minimum Gasteiger partial charge on any atom is -0.373 e. The van der Waals surface area contributed by atoms with Crippen LogP contribution in [-0.2, 0) is 11.2 Å². The molecule has 4 heterocycles. The molecule has 1 aromatic carbocycles. The third-order valence-electron chi connectivity index (χ3n) is 5.67. The van der Waals surface area contributed by atoms with Gasteiger partial charge in [0.05, 0.1) is 6.21 Å². The Morgan fingerprint density at radius 2 is 1.75 bits per heavy atom. The lowest BCUT2D eigenvalue weighted by Gasteiger charge is -2.34. The summed E-state index contributed by atoms with van der Waals surface area (Å²) in [4.78, 5) is 21.3. The van der Waals surface area contributed by atoms with Crippen LogP contribution in [0.4, 0.5) is 5.82 Å². The predicted octanol–water partition coefficient (Wildman–Crippen LogP) is 4.81. The molecular formula is C27H28ClN7O. The molecule has 1 N–H and O–H groups in total. The second-order valence-corrected chi connectivity index (χ2v) is 8.26. The molecular weight excluding hydrogens is 474 g/mol. The van der Waals surface area contributed by atoms with Gasteiger partial charge in [-0.05, 0) is 53.4 Å². The van der Waals surface area contributed by atoms with E-state index in [1.807, 2.05) is 75.6 Å². The Balaban J connectivity index is 0.00000148. The second kappa shape index (κ2) is 11.6. The van der Waals surface area contributed by atoms with Gasteiger partial charge in [0.25, 0.3) is 5.91 Å². The number of rotatable bonds is 6. The lowest BCUT2D eigenvalue weighted by molar-refractivity contribution is -0.132. The second-order valence-electron chi connectivity index (χ2n) is 7.83. The normalized spacial score (nSPS) is 14.7. The minimum atomic E-state index is -0.107. The van der Waals surface area contributed by atoms with Crippen molar-refractivity contribution in [3.8, 4) is 0 Å². The highest BCUT2D eigenvalue weighted by molar-refractivity contribution is 6.40. The number of halogens is 1. The van der Waals surface area contributed by atoms with Crippen molar-refractivity contribution in [2.75, 3.05) is 25.5 Å². The number of hydrogen-bond acceptors (Lipinski definition) is 7. The zero-order chi connectivity index (χ0) is 25.5. The molecule has 9 heteroatoms. The third-order valence-corrected chi connectivity index (χ3v) is 5.92. The number of carbonyl (C=O) groups excluding carboxylic acids is 1. The van der Waals surface area contributed by atoms with E-state index in [2.05, 4.69) is 20.4 Å². The van der Waals surface area contributed by atoms with Crippen molar-refractivity contribution >= 4 is 46.5 Å². The van der Waals surface area contributed by atoms with Crippen molar-refractivity contribution in [3.05, 3.63) is 88.8 Å². The molecule has 2 aliphatic rings. The number of nitrogens with one attached hydrogen (secondary N) is 1. The van der Waals surface area contributed by atoms with Crippen LogP contribution < -0.4 is 5.32 Å². The Labute approximate surface area is 216 Å². The Morgan fingerprint density at radius 1 is 1.00 bits per heavy atom. The first kappa shape index (κ1) is 25.1. The zero-order valence-corrected chi connectivity index (χ0v) is 21.3. The molecule has 2 aliphatic heterocycles. The largest absolute Gasteiger partial charge is 0.373 e. The molecule has 0 saturated carbocycles. The van der Waals surface area contributed by atoms with Gasteiger partial charge in [-0.15, -0.1) is 5.10 Å². The Kier molecular flexibility index (Phi) is 8.07. The van der Waals surface area contributed by atoms with Crippen molar-refractivity contribution in [3.63, 3.8) is 0 Å². The first-order chi connectivity index (χ1) is 17.6. The summed E-state index contributed by atoms with van der Waals surface area (Å²) in [6, 6.07) is 15.4. The van der Waals surface area contributed by atoms with Crippen molar-refractivity contribution in [2.45, 2.75) is 20.3 Å². The maximum absolute atomic E-state index is 12.8. The molecule has 184 valence electrons. The molecule has 3 aromatic rings. The van der Waals surface area contributed by atoms with E-state index in [9.17, 15) is 4.79 Å². The van der Waals surface area contributed by atoms with Gasteiger partial charge in [0.1, 0.15) is 12.4 Å². The number of aromatic nitrogens is 2. The van der Waals surface area contributed by atoms with E-state index in [4.69, 9.17) is 16.7 Å². The van der Waals surface area contributed by atoms with Crippen LogP contribution in [0.3, 0.4) is 0 Å². The van der Waals surface area contributed by atoms with Crippen LogP contribution in [0.15, 0.2) is 77.3 Å². The van der Waals surface area contributed by atoms with E-state index >= 15 is 0 Å². The minimum absolute atomic E-state index is 0.107. The van der Waals surface area contributed by atoms with E-state index in [0.717, 1.165) is 33.7 Å². The number of amides is 1. The highest BCUT2D eigenvalue weighted by Crippen LogP contribution is 2.32. The van der Waals surface area contributed by atoms with Crippen LogP contribution in [-0.4, -0.2) is 58.1 Å². The van der Waals surface area contributed by atoms with Crippen LogP contribution in [0.2, 0.25) is 5.02 Å². The molecule has 0 radical (unpaired) electrons. The molecule has 2 aromatic heterocycles. The number of amidine groups is 1. The van der Waals surface area contributed by atoms with Gasteiger partial charge in [0, 0.05) is 48.4 Å². The lowest BCUT2D eigenvalue weighted by Crippen LogP contribution is -2.47. The van der Waals surface area contributed by atoms with Gasteiger partial charge in [-0.2, -0.15) is 5.10 Å². The molecule has 8 nitrogen and oxygen atoms in total. The van der Waals surface area contributed by atoms with Crippen LogP contribution in [0, 0.1) is 0 Å². The fourth-order valence-electron chi connectivity index (χ4n) is 3.87. The Hall–Kier alpha value is -4.04. The summed E-state index contributed by atoms with van der Waals surface area (Å²) in [6.07, 6.45) is 7.71. The molecule has 0 aliphatic carbocycles. The summed E-state index contributed by atoms with van der Waals surface area (Å²) in [5, 5.41) is 16.1. The number of allylic oxidation sites excluding steroid dienone is 1. The monoisotopic (exact) mass is 501 g/mol. The summed E-state index contributed by atoms with van der Waals surface area (Å²) in [5.74, 6) is 1.32. The molecule has 0 fully saturated rings. The van der Waals surface area contributed by atoms with E-state index in [0.29, 0.717) is 23.8 Å². The van der Waals surface area contributed by atoms with Gasteiger partial charge in [-0.3, -0.25) is 9.78 Å². The fourth-order valence-corrected chi connectivity index (χ4v) is 4.00. The summed E-state index contributed by atoms with van der Waals surface area (Å²) in [6.45, 7) is 4.56. The number of hydrazone groups is 2. The number of hydrogen-bond donors (Lipinski definition) is 1. The van der Waals surface area contributed by atoms with Gasteiger partial charge in [0.15, 0.2) is 5.84 Å². The first-order valence-electron chi connectivity index (χ1n) is 11.9. The topological polar surface area (TPSA) is 86.1 Å². The molecule has 36 heavy (non-hydrogen) atoms. The van der Waals surface area contributed by atoms with E-state index in [1.165, 1.54) is 5.01 Å². The highest BCUT2D eigenvalue weighted by atomic mass is 35.5. The van der Waals surface area contributed by atoms with Gasteiger partial charge < -0.3 is 5.32 Å². The quantitative estimate of drug-likeness (QED) is 0.524. The van der Waals surface area contributed by atoms with Crippen LogP contribution in [0.1, 0.15) is 30.5 Å². The maximum Gasteiger partial charge on any atom is 0.264 e. The summed E-state index contributed by atoms with van der Waals surface area (Å²) < 4.78 is 0. The Morgan fingerprint density at radius 3 is 2.42 bits per heavy atom. The highest BCUT2D eigenvalue weighted by Gasteiger charge is 2.33. The lowest BCUT2D eigenvalue weighted by atomic mass is 9.93. The Bertz CT molecular complexity index is 1290. The number of benzene rings is 1. The predicted molar refractivity (Wildman–Crippen MR) is 146 cm³/mol. The van der Waals surface area contributed by atoms with Gasteiger partial charge in [-0.25, -0.2) is 15.0 Å². The smallest absolute Gasteiger partial charge is 0.264 e. The van der Waals surface area contributed by atoms with Crippen LogP contribution in [0.25, 0.3) is 11.1 Å². The number of nitrogens with zero attached hydrogens (tertiary/aromatic N) is 6. The van der Waals surface area contributed by atoms with Crippen molar-refractivity contribution in [1.82, 2.24) is 20.0 Å². The van der Waals surface area contributed by atoms with E-state index in [-0.39, 0.29) is 12.5 Å². The SMILES string of the molecule is CC.CNc1ccc(CCN2N=C3C(c4ccncc4)=C(c4ccc(Cl)cc4)C=NN3CC2=O)cn1. The third kappa shape index (κ3) is 5.44. The average Bonchev–Trinajstić information content (AvgIpc) is 2.93. The van der Waals surface area contributed by atoms with Crippen molar-refractivity contribution < 1.29 is 4.79 Å². The van der Waals surface area contributed by atoms with Crippen molar-refractivity contribution in [1.29, 1.82) is 0 Å². The molecule has 0 atom stereocenters. The van der Waals surface area contributed by atoms with Gasteiger partial charge in [0.2, 0.25) is 0 Å². The number of anilines is 1. The average molecular weight is 502 g/mol. The summed E-state index contributed by atoms with van der Waals surface area (Å²) in [5.41, 5.74) is 4.72. The molecule has 0 saturated heterocycles. The van der Waals surface area contributed by atoms with Gasteiger partial charge in [-0.1, -0.05) is 43.6 Å². The van der Waals surface area contributed by atoms with E-state index in [1.54, 1.807) is 23.6 Å². The van der Waals surface area contributed by atoms with Crippen LogP contribution >= 0.6 is 11.6 Å². The van der Waals surface area contributed by atoms with Gasteiger partial charge >= 0.3 is 0 Å². The number of carbonyl (C=O) groups is 1. The molecule has 1 amide bonds. The molecule has 0 bridgehead atoms. The first-order valence-corrected chi connectivity index (χ1v) is 12.2. The molecule has 0 unspecified atom stereocenters.